The molecule has 21 heavy (non-hydrogen) atoms. The predicted octanol–water partition coefficient (Wildman–Crippen LogP) is 1.02. The minimum atomic E-state index is -0.0957. The summed E-state index contributed by atoms with van der Waals surface area (Å²) in [5, 5.41) is 5.36. The van der Waals surface area contributed by atoms with Gasteiger partial charge in [-0.05, 0) is 51.7 Å². The Kier molecular flexibility index (Phi) is 4.32. The van der Waals surface area contributed by atoms with E-state index in [2.05, 4.69) is 15.0 Å². The Balaban J connectivity index is 1.69. The van der Waals surface area contributed by atoms with Gasteiger partial charge in [0.05, 0.1) is 6.54 Å². The molecule has 2 aromatic rings. The molecule has 1 saturated heterocycles. The molecule has 6 nitrogen and oxygen atoms in total. The third kappa shape index (κ3) is 3.30. The van der Waals surface area contributed by atoms with Crippen molar-refractivity contribution in [3.05, 3.63) is 27.1 Å². The number of hydrogen-bond donors (Lipinski definition) is 1. The Bertz CT molecular complexity index is 672. The smallest absolute Gasteiger partial charge is 0.275 e. The first-order valence-corrected chi connectivity index (χ1v) is 8.26. The zero-order chi connectivity index (χ0) is 14.8. The highest BCUT2D eigenvalue weighted by atomic mass is 32.1. The van der Waals surface area contributed by atoms with Gasteiger partial charge in [0.1, 0.15) is 5.01 Å². The van der Waals surface area contributed by atoms with Gasteiger partial charge in [0.2, 0.25) is 4.96 Å². The molecule has 3 rings (SSSR count). The van der Waals surface area contributed by atoms with Gasteiger partial charge in [0.15, 0.2) is 0 Å². The number of piperidine rings is 1. The lowest BCUT2D eigenvalue weighted by Crippen LogP contribution is -2.33. The van der Waals surface area contributed by atoms with Crippen molar-refractivity contribution in [2.75, 3.05) is 19.6 Å². The largest absolute Gasteiger partial charge is 0.330 e. The van der Waals surface area contributed by atoms with E-state index in [1.807, 2.05) is 6.92 Å². The maximum Gasteiger partial charge on any atom is 0.275 e. The van der Waals surface area contributed by atoms with Gasteiger partial charge >= 0.3 is 0 Å². The number of hydrogen-bond acceptors (Lipinski definition) is 6. The Morgan fingerprint density at radius 3 is 2.90 bits per heavy atom. The van der Waals surface area contributed by atoms with Crippen molar-refractivity contribution >= 4 is 16.3 Å². The fourth-order valence-electron chi connectivity index (χ4n) is 2.88. The van der Waals surface area contributed by atoms with Crippen molar-refractivity contribution in [3.8, 4) is 0 Å². The number of rotatable bonds is 4. The highest BCUT2D eigenvalue weighted by Crippen LogP contribution is 2.22. The van der Waals surface area contributed by atoms with Crippen LogP contribution in [0, 0.1) is 12.8 Å². The van der Waals surface area contributed by atoms with Gasteiger partial charge in [-0.15, -0.1) is 0 Å². The number of nitrogens with zero attached hydrogens (tertiary/aromatic N) is 4. The van der Waals surface area contributed by atoms with Crippen LogP contribution in [0.5, 0.6) is 0 Å². The molecule has 7 heteroatoms. The predicted molar refractivity (Wildman–Crippen MR) is 83.5 cm³/mol. The third-order valence-electron chi connectivity index (χ3n) is 4.06. The van der Waals surface area contributed by atoms with Gasteiger partial charge in [-0.1, -0.05) is 11.3 Å². The molecule has 1 fully saturated rings. The van der Waals surface area contributed by atoms with Crippen LogP contribution in [-0.4, -0.2) is 39.1 Å². The fourth-order valence-corrected chi connectivity index (χ4v) is 3.87. The molecular formula is C14H21N5OS. The number of fused-ring (bicyclic) bond motifs is 1. The van der Waals surface area contributed by atoms with Gasteiger partial charge in [-0.2, -0.15) is 9.61 Å². The molecule has 1 aliphatic rings. The minimum Gasteiger partial charge on any atom is -0.330 e. The van der Waals surface area contributed by atoms with Crippen molar-refractivity contribution in [3.63, 3.8) is 0 Å². The van der Waals surface area contributed by atoms with Crippen LogP contribution in [0.25, 0.3) is 4.96 Å². The number of aromatic nitrogens is 3. The van der Waals surface area contributed by atoms with E-state index in [0.29, 0.717) is 4.96 Å². The molecule has 0 saturated carbocycles. The first-order chi connectivity index (χ1) is 10.2. The van der Waals surface area contributed by atoms with Crippen LogP contribution in [0.4, 0.5) is 0 Å². The highest BCUT2D eigenvalue weighted by Gasteiger charge is 2.20. The van der Waals surface area contributed by atoms with E-state index in [0.717, 1.165) is 49.2 Å². The lowest BCUT2D eigenvalue weighted by atomic mass is 9.94. The zero-order valence-electron chi connectivity index (χ0n) is 12.3. The average molecular weight is 307 g/mol. The van der Waals surface area contributed by atoms with E-state index in [-0.39, 0.29) is 5.56 Å². The normalized spacial score (nSPS) is 17.6. The summed E-state index contributed by atoms with van der Waals surface area (Å²) in [5.41, 5.74) is 6.28. The van der Waals surface area contributed by atoms with Gasteiger partial charge < -0.3 is 5.73 Å². The molecule has 0 aliphatic carbocycles. The summed E-state index contributed by atoms with van der Waals surface area (Å²) in [7, 11) is 0. The quantitative estimate of drug-likeness (QED) is 0.912. The van der Waals surface area contributed by atoms with E-state index in [9.17, 15) is 4.79 Å². The summed E-state index contributed by atoms with van der Waals surface area (Å²) in [4.78, 5) is 19.3. The number of nitrogens with two attached hydrogens (primary N) is 1. The summed E-state index contributed by atoms with van der Waals surface area (Å²) >= 11 is 1.51. The van der Waals surface area contributed by atoms with Crippen LogP contribution >= 0.6 is 11.3 Å². The van der Waals surface area contributed by atoms with Crippen molar-refractivity contribution in [2.24, 2.45) is 11.7 Å². The Morgan fingerprint density at radius 1 is 1.43 bits per heavy atom. The molecule has 2 aromatic heterocycles. The molecule has 0 unspecified atom stereocenters. The molecule has 0 spiro atoms. The van der Waals surface area contributed by atoms with E-state index in [4.69, 9.17) is 5.73 Å². The summed E-state index contributed by atoms with van der Waals surface area (Å²) in [5.74, 6) is 0.772. The first kappa shape index (κ1) is 14.6. The summed E-state index contributed by atoms with van der Waals surface area (Å²) in [6.07, 6.45) is 3.55. The van der Waals surface area contributed by atoms with Crippen LogP contribution in [0.3, 0.4) is 0 Å². The standard InChI is InChI=1S/C14H21N5OS/c1-10-8-13(20)19-14(16-10)21-12(17-19)9-18-6-3-11(2-5-15)4-7-18/h8,11H,2-7,9,15H2,1H3. The van der Waals surface area contributed by atoms with Gasteiger partial charge in [0, 0.05) is 11.8 Å². The maximum atomic E-state index is 11.9. The van der Waals surface area contributed by atoms with E-state index in [1.54, 1.807) is 0 Å². The average Bonchev–Trinajstić information content (AvgIpc) is 2.84. The molecule has 3 heterocycles. The molecule has 0 radical (unpaired) electrons. The Labute approximate surface area is 127 Å². The Hall–Kier alpha value is -1.31. The monoisotopic (exact) mass is 307 g/mol. The fraction of sp³-hybridized carbons (Fsp3) is 0.643. The van der Waals surface area contributed by atoms with Gasteiger partial charge in [0.25, 0.3) is 5.56 Å². The van der Waals surface area contributed by atoms with E-state index >= 15 is 0 Å². The summed E-state index contributed by atoms with van der Waals surface area (Å²) in [6.45, 7) is 5.60. The van der Waals surface area contributed by atoms with Gasteiger partial charge in [-0.25, -0.2) is 4.98 Å². The third-order valence-corrected chi connectivity index (χ3v) is 4.95. The van der Waals surface area contributed by atoms with Crippen LogP contribution in [0.2, 0.25) is 0 Å². The molecule has 2 N–H and O–H groups in total. The molecule has 114 valence electrons. The highest BCUT2D eigenvalue weighted by molar-refractivity contribution is 7.16. The summed E-state index contributed by atoms with van der Waals surface area (Å²) < 4.78 is 1.41. The summed E-state index contributed by atoms with van der Waals surface area (Å²) in [6, 6.07) is 1.52. The van der Waals surface area contributed by atoms with E-state index < -0.39 is 0 Å². The number of aryl methyl sites for hydroxylation is 1. The van der Waals surface area contributed by atoms with Gasteiger partial charge in [-0.3, -0.25) is 9.69 Å². The van der Waals surface area contributed by atoms with Crippen molar-refractivity contribution in [1.29, 1.82) is 0 Å². The second kappa shape index (κ2) is 6.21. The Morgan fingerprint density at radius 2 is 2.19 bits per heavy atom. The van der Waals surface area contributed by atoms with Crippen molar-refractivity contribution in [2.45, 2.75) is 32.7 Å². The molecule has 1 aliphatic heterocycles. The van der Waals surface area contributed by atoms with Crippen LogP contribution < -0.4 is 11.3 Å². The van der Waals surface area contributed by atoms with E-state index in [1.165, 1.54) is 34.8 Å². The number of likely N-dealkylation sites (tertiary alicyclic amines) is 1. The lowest BCUT2D eigenvalue weighted by molar-refractivity contribution is 0.173. The molecule has 0 aromatic carbocycles. The van der Waals surface area contributed by atoms with Crippen LogP contribution in [-0.2, 0) is 6.54 Å². The lowest BCUT2D eigenvalue weighted by Gasteiger charge is -2.30. The van der Waals surface area contributed by atoms with Crippen molar-refractivity contribution in [1.82, 2.24) is 19.5 Å². The maximum absolute atomic E-state index is 11.9. The second-order valence-electron chi connectivity index (χ2n) is 5.72. The molecule has 0 atom stereocenters. The van der Waals surface area contributed by atoms with Crippen LogP contribution in [0.1, 0.15) is 30.0 Å². The van der Waals surface area contributed by atoms with Crippen LogP contribution in [0.15, 0.2) is 10.9 Å². The molecule has 0 bridgehead atoms. The molecule has 0 amide bonds. The second-order valence-corrected chi connectivity index (χ2v) is 6.76. The van der Waals surface area contributed by atoms with Crippen molar-refractivity contribution < 1.29 is 0 Å². The molecular weight excluding hydrogens is 286 g/mol. The SMILES string of the molecule is Cc1cc(=O)n2nc(CN3CCC(CCN)CC3)sc2n1. The minimum absolute atomic E-state index is 0.0957. The zero-order valence-corrected chi connectivity index (χ0v) is 13.1. The topological polar surface area (TPSA) is 76.5 Å². The first-order valence-electron chi connectivity index (χ1n) is 7.44.